The second kappa shape index (κ2) is 4.49. The summed E-state index contributed by atoms with van der Waals surface area (Å²) in [6.07, 6.45) is 1.40. The Morgan fingerprint density at radius 1 is 1.29 bits per heavy atom. The molecule has 4 nitrogen and oxygen atoms in total. The van der Waals surface area contributed by atoms with Crippen LogP contribution in [0, 0.1) is 17.1 Å². The van der Waals surface area contributed by atoms with Gasteiger partial charge < -0.3 is 10.5 Å². The van der Waals surface area contributed by atoms with Crippen molar-refractivity contribution >= 4 is 5.82 Å². The molecule has 2 N–H and O–H groups in total. The molecule has 0 saturated heterocycles. The predicted molar refractivity (Wildman–Crippen MR) is 59.8 cm³/mol. The van der Waals surface area contributed by atoms with E-state index in [2.05, 4.69) is 4.98 Å². The number of nitrogen functional groups attached to an aromatic ring is 1. The van der Waals surface area contributed by atoms with E-state index >= 15 is 0 Å². The Balaban J connectivity index is 2.34. The maximum atomic E-state index is 13.3. The zero-order chi connectivity index (χ0) is 12.3. The number of nitrogens with two attached hydrogens (primary N) is 1. The summed E-state index contributed by atoms with van der Waals surface area (Å²) in [5.41, 5.74) is 5.29. The van der Waals surface area contributed by atoms with Crippen molar-refractivity contribution in [2.75, 3.05) is 5.73 Å². The van der Waals surface area contributed by atoms with Crippen LogP contribution in [0.1, 0.15) is 5.56 Å². The van der Waals surface area contributed by atoms with E-state index in [-0.39, 0.29) is 11.3 Å². The fourth-order valence-corrected chi connectivity index (χ4v) is 1.28. The van der Waals surface area contributed by atoms with Gasteiger partial charge in [0.25, 0.3) is 0 Å². The number of pyridine rings is 1. The topological polar surface area (TPSA) is 71.9 Å². The molecule has 0 atom stereocenters. The highest BCUT2D eigenvalue weighted by molar-refractivity contribution is 5.46. The largest absolute Gasteiger partial charge is 0.454 e. The Kier molecular flexibility index (Phi) is 2.88. The predicted octanol–water partition coefficient (Wildman–Crippen LogP) is 2.47. The van der Waals surface area contributed by atoms with Crippen LogP contribution in [0.15, 0.2) is 36.5 Å². The van der Waals surface area contributed by atoms with E-state index < -0.39 is 5.82 Å². The maximum Gasteiger partial charge on any atom is 0.148 e. The highest BCUT2D eigenvalue weighted by atomic mass is 19.1. The first kappa shape index (κ1) is 10.9. The average Bonchev–Trinajstić information content (AvgIpc) is 2.32. The van der Waals surface area contributed by atoms with Crippen LogP contribution in [0.3, 0.4) is 0 Å². The van der Waals surface area contributed by atoms with Crippen molar-refractivity contribution in [3.8, 4) is 17.6 Å². The molecule has 84 valence electrons. The minimum Gasteiger partial charge on any atom is -0.454 e. The standard InChI is InChI=1S/C12H8FN3O/c13-10-2-1-3-11(9(10)6-14)17-8-4-5-12(15)16-7-8/h1-5,7H,(H2,15,16). The van der Waals surface area contributed by atoms with Gasteiger partial charge in [-0.2, -0.15) is 5.26 Å². The number of hydrogen-bond donors (Lipinski definition) is 1. The summed E-state index contributed by atoms with van der Waals surface area (Å²) in [5, 5.41) is 8.82. The van der Waals surface area contributed by atoms with Gasteiger partial charge in [0.05, 0.1) is 6.20 Å². The summed E-state index contributed by atoms with van der Waals surface area (Å²) < 4.78 is 18.6. The Hall–Kier alpha value is -2.61. The molecular weight excluding hydrogens is 221 g/mol. The van der Waals surface area contributed by atoms with Gasteiger partial charge in [0.1, 0.15) is 34.8 Å². The van der Waals surface area contributed by atoms with Crippen LogP contribution in [-0.4, -0.2) is 4.98 Å². The molecule has 0 bridgehead atoms. The van der Waals surface area contributed by atoms with Crippen molar-refractivity contribution < 1.29 is 9.13 Å². The van der Waals surface area contributed by atoms with E-state index in [0.29, 0.717) is 11.6 Å². The molecule has 2 rings (SSSR count). The van der Waals surface area contributed by atoms with Gasteiger partial charge in [-0.15, -0.1) is 0 Å². The Labute approximate surface area is 97.1 Å². The van der Waals surface area contributed by atoms with Gasteiger partial charge in [0.2, 0.25) is 0 Å². The van der Waals surface area contributed by atoms with Crippen LogP contribution >= 0.6 is 0 Å². The fourth-order valence-electron chi connectivity index (χ4n) is 1.28. The molecule has 0 amide bonds. The molecule has 17 heavy (non-hydrogen) atoms. The van der Waals surface area contributed by atoms with E-state index in [1.54, 1.807) is 18.2 Å². The number of nitrogens with zero attached hydrogens (tertiary/aromatic N) is 2. The van der Waals surface area contributed by atoms with Gasteiger partial charge in [-0.05, 0) is 24.3 Å². The molecule has 0 radical (unpaired) electrons. The third-order valence-electron chi connectivity index (χ3n) is 2.07. The number of rotatable bonds is 2. The van der Waals surface area contributed by atoms with Gasteiger partial charge in [-0.3, -0.25) is 0 Å². The normalized spacial score (nSPS) is 9.65. The summed E-state index contributed by atoms with van der Waals surface area (Å²) >= 11 is 0. The summed E-state index contributed by atoms with van der Waals surface area (Å²) in [7, 11) is 0. The lowest BCUT2D eigenvalue weighted by molar-refractivity contribution is 0.472. The first-order valence-corrected chi connectivity index (χ1v) is 4.78. The van der Waals surface area contributed by atoms with Gasteiger partial charge in [0.15, 0.2) is 0 Å². The molecule has 5 heteroatoms. The first-order valence-electron chi connectivity index (χ1n) is 4.78. The Morgan fingerprint density at radius 3 is 2.76 bits per heavy atom. The van der Waals surface area contributed by atoms with Crippen LogP contribution in [-0.2, 0) is 0 Å². The number of aromatic nitrogens is 1. The lowest BCUT2D eigenvalue weighted by Crippen LogP contribution is -1.93. The van der Waals surface area contributed by atoms with Crippen LogP contribution in [0.2, 0.25) is 0 Å². The summed E-state index contributed by atoms with van der Waals surface area (Å²) in [6.45, 7) is 0. The van der Waals surface area contributed by atoms with Crippen LogP contribution in [0.4, 0.5) is 10.2 Å². The third kappa shape index (κ3) is 2.32. The van der Waals surface area contributed by atoms with Gasteiger partial charge in [-0.25, -0.2) is 9.37 Å². The van der Waals surface area contributed by atoms with E-state index in [1.807, 2.05) is 0 Å². The van der Waals surface area contributed by atoms with E-state index in [9.17, 15) is 4.39 Å². The maximum absolute atomic E-state index is 13.3. The van der Waals surface area contributed by atoms with Crippen LogP contribution in [0.5, 0.6) is 11.5 Å². The summed E-state index contributed by atoms with van der Waals surface area (Å²) in [6, 6.07) is 9.08. The second-order valence-electron chi connectivity index (χ2n) is 3.25. The van der Waals surface area contributed by atoms with E-state index in [4.69, 9.17) is 15.7 Å². The van der Waals surface area contributed by atoms with E-state index in [0.717, 1.165) is 0 Å². The number of halogens is 1. The molecule has 0 aliphatic carbocycles. The highest BCUT2D eigenvalue weighted by Gasteiger charge is 2.09. The van der Waals surface area contributed by atoms with Crippen LogP contribution in [0.25, 0.3) is 0 Å². The fraction of sp³-hybridized carbons (Fsp3) is 0. The molecule has 0 aliphatic rings. The van der Waals surface area contributed by atoms with Crippen molar-refractivity contribution in [1.82, 2.24) is 4.98 Å². The number of anilines is 1. The number of hydrogen-bond acceptors (Lipinski definition) is 4. The number of nitriles is 1. The lowest BCUT2D eigenvalue weighted by atomic mass is 10.2. The molecule has 0 unspecified atom stereocenters. The minimum atomic E-state index is -0.617. The third-order valence-corrected chi connectivity index (χ3v) is 2.07. The Bertz CT molecular complexity index is 575. The summed E-state index contributed by atoms with van der Waals surface area (Å²) in [4.78, 5) is 3.83. The van der Waals surface area contributed by atoms with Gasteiger partial charge >= 0.3 is 0 Å². The van der Waals surface area contributed by atoms with Crippen molar-refractivity contribution in [2.45, 2.75) is 0 Å². The van der Waals surface area contributed by atoms with Crippen molar-refractivity contribution in [1.29, 1.82) is 5.26 Å². The zero-order valence-electron chi connectivity index (χ0n) is 8.72. The number of benzene rings is 1. The highest BCUT2D eigenvalue weighted by Crippen LogP contribution is 2.26. The monoisotopic (exact) mass is 229 g/mol. The zero-order valence-corrected chi connectivity index (χ0v) is 8.72. The second-order valence-corrected chi connectivity index (χ2v) is 3.25. The molecule has 1 aromatic carbocycles. The molecule has 0 fully saturated rings. The number of ether oxygens (including phenoxy) is 1. The van der Waals surface area contributed by atoms with Crippen molar-refractivity contribution in [2.24, 2.45) is 0 Å². The summed E-state index contributed by atoms with van der Waals surface area (Å²) in [5.74, 6) is 0.283. The van der Waals surface area contributed by atoms with Crippen molar-refractivity contribution in [3.05, 3.63) is 47.9 Å². The molecular formula is C12H8FN3O. The smallest absolute Gasteiger partial charge is 0.148 e. The molecule has 2 aromatic rings. The molecule has 0 saturated carbocycles. The van der Waals surface area contributed by atoms with Crippen LogP contribution < -0.4 is 10.5 Å². The van der Waals surface area contributed by atoms with E-state index in [1.165, 1.54) is 24.4 Å². The quantitative estimate of drug-likeness (QED) is 0.858. The van der Waals surface area contributed by atoms with Gasteiger partial charge in [-0.1, -0.05) is 6.07 Å². The molecule has 0 aliphatic heterocycles. The lowest BCUT2D eigenvalue weighted by Gasteiger charge is -2.07. The Morgan fingerprint density at radius 2 is 2.12 bits per heavy atom. The average molecular weight is 229 g/mol. The first-order chi connectivity index (χ1) is 8.20. The molecule has 0 spiro atoms. The minimum absolute atomic E-state index is 0.135. The molecule has 1 aromatic heterocycles. The SMILES string of the molecule is N#Cc1c(F)cccc1Oc1ccc(N)nc1. The van der Waals surface area contributed by atoms with Gasteiger partial charge in [0, 0.05) is 0 Å². The van der Waals surface area contributed by atoms with Crippen molar-refractivity contribution in [3.63, 3.8) is 0 Å². The molecule has 1 heterocycles.